The van der Waals surface area contributed by atoms with Crippen molar-refractivity contribution in [3.05, 3.63) is 35.9 Å². The van der Waals surface area contributed by atoms with Crippen molar-refractivity contribution in [1.29, 1.82) is 5.26 Å². The monoisotopic (exact) mass is 272 g/mol. The molecule has 1 rings (SSSR count). The topological polar surface area (TPSA) is 70.0 Å². The Bertz CT molecular complexity index is 491. The van der Waals surface area contributed by atoms with Crippen LogP contribution in [0.2, 0.25) is 0 Å². The Kier molecular flexibility index (Phi) is 6.45. The van der Waals surface area contributed by atoms with Gasteiger partial charge < -0.3 is 5.32 Å². The molecule has 0 unspecified atom stereocenters. The summed E-state index contributed by atoms with van der Waals surface area (Å²) >= 11 is 0. The molecule has 0 aliphatic rings. The highest BCUT2D eigenvalue weighted by Gasteiger charge is 2.28. The predicted molar refractivity (Wildman–Crippen MR) is 76.7 cm³/mol. The highest BCUT2D eigenvalue weighted by Crippen LogP contribution is 2.10. The summed E-state index contributed by atoms with van der Waals surface area (Å²) in [4.78, 5) is 23.8. The maximum Gasteiger partial charge on any atom is 0.245 e. The fourth-order valence-electron chi connectivity index (χ4n) is 1.81. The summed E-state index contributed by atoms with van der Waals surface area (Å²) in [6, 6.07) is 11.5. The number of carbonyl (C=O) groups is 2. The molecule has 1 amide bonds. The van der Waals surface area contributed by atoms with Gasteiger partial charge in [0.1, 0.15) is 0 Å². The summed E-state index contributed by atoms with van der Waals surface area (Å²) < 4.78 is 0. The van der Waals surface area contributed by atoms with Crippen molar-refractivity contribution < 1.29 is 9.59 Å². The average Bonchev–Trinajstić information content (AvgIpc) is 2.48. The van der Waals surface area contributed by atoms with E-state index >= 15 is 0 Å². The van der Waals surface area contributed by atoms with Gasteiger partial charge in [0.15, 0.2) is 11.7 Å². The smallest absolute Gasteiger partial charge is 0.245 e. The molecule has 2 atom stereocenters. The Morgan fingerprint density at radius 1 is 1.30 bits per heavy atom. The normalized spacial score (nSPS) is 13.1. The number of rotatable bonds is 7. The number of Topliss-reactive ketones (excluding diaryl/α,β-unsaturated/α-hetero) is 1. The fraction of sp³-hybridized carbons (Fsp3) is 0.438. The van der Waals surface area contributed by atoms with Gasteiger partial charge in [-0.1, -0.05) is 44.2 Å². The quantitative estimate of drug-likeness (QED) is 0.773. The van der Waals surface area contributed by atoms with E-state index in [2.05, 4.69) is 5.32 Å². The highest BCUT2D eigenvalue weighted by atomic mass is 16.2. The molecule has 20 heavy (non-hydrogen) atoms. The lowest BCUT2D eigenvalue weighted by Gasteiger charge is -2.13. The van der Waals surface area contributed by atoms with Gasteiger partial charge in [-0.05, 0) is 18.4 Å². The van der Waals surface area contributed by atoms with Gasteiger partial charge in [-0.2, -0.15) is 5.26 Å². The highest BCUT2D eigenvalue weighted by molar-refractivity contribution is 6.04. The lowest BCUT2D eigenvalue weighted by molar-refractivity contribution is -0.133. The van der Waals surface area contributed by atoms with Crippen LogP contribution < -0.4 is 5.32 Å². The SMILES string of the molecule is CC[C@H](C)C(=O)[C@H](C#N)C(=O)NCCc1ccccc1. The van der Waals surface area contributed by atoms with Gasteiger partial charge in [-0.25, -0.2) is 0 Å². The van der Waals surface area contributed by atoms with Gasteiger partial charge >= 0.3 is 0 Å². The first-order valence-corrected chi connectivity index (χ1v) is 6.85. The van der Waals surface area contributed by atoms with Gasteiger partial charge in [0.2, 0.25) is 5.91 Å². The molecule has 0 saturated carbocycles. The maximum atomic E-state index is 11.9. The summed E-state index contributed by atoms with van der Waals surface area (Å²) in [7, 11) is 0. The number of benzene rings is 1. The molecule has 0 fully saturated rings. The summed E-state index contributed by atoms with van der Waals surface area (Å²) in [6.07, 6.45) is 1.32. The van der Waals surface area contributed by atoms with Gasteiger partial charge in [0.25, 0.3) is 0 Å². The molecule has 0 saturated heterocycles. The van der Waals surface area contributed by atoms with E-state index in [1.807, 2.05) is 37.3 Å². The van der Waals surface area contributed by atoms with Gasteiger partial charge in [-0.15, -0.1) is 0 Å². The number of nitriles is 1. The van der Waals surface area contributed by atoms with Gasteiger partial charge in [0.05, 0.1) is 6.07 Å². The molecular weight excluding hydrogens is 252 g/mol. The van der Waals surface area contributed by atoms with Crippen molar-refractivity contribution in [2.75, 3.05) is 6.54 Å². The van der Waals surface area contributed by atoms with Crippen LogP contribution in [-0.4, -0.2) is 18.2 Å². The maximum absolute atomic E-state index is 11.9. The van der Waals surface area contributed by atoms with Crippen molar-refractivity contribution in [2.45, 2.75) is 26.7 Å². The Hall–Kier alpha value is -2.15. The largest absolute Gasteiger partial charge is 0.354 e. The summed E-state index contributed by atoms with van der Waals surface area (Å²) in [5, 5.41) is 11.7. The van der Waals surface area contributed by atoms with Crippen molar-refractivity contribution in [3.63, 3.8) is 0 Å². The zero-order valence-corrected chi connectivity index (χ0v) is 11.9. The minimum Gasteiger partial charge on any atom is -0.354 e. The van der Waals surface area contributed by atoms with E-state index in [0.717, 1.165) is 5.56 Å². The summed E-state index contributed by atoms with van der Waals surface area (Å²) in [5.41, 5.74) is 1.11. The molecule has 0 radical (unpaired) electrons. The molecule has 1 aromatic carbocycles. The van der Waals surface area contributed by atoms with Crippen LogP contribution in [0.1, 0.15) is 25.8 Å². The first kappa shape index (κ1) is 15.9. The minimum atomic E-state index is -1.19. The molecule has 4 nitrogen and oxygen atoms in total. The van der Waals surface area contributed by atoms with Crippen LogP contribution >= 0.6 is 0 Å². The number of amides is 1. The molecular formula is C16H20N2O2. The van der Waals surface area contributed by atoms with E-state index in [1.54, 1.807) is 13.0 Å². The van der Waals surface area contributed by atoms with Crippen LogP contribution in [0, 0.1) is 23.2 Å². The van der Waals surface area contributed by atoms with Crippen LogP contribution in [-0.2, 0) is 16.0 Å². The van der Waals surface area contributed by atoms with E-state index in [4.69, 9.17) is 5.26 Å². The first-order chi connectivity index (χ1) is 9.60. The molecule has 0 heterocycles. The third-order valence-electron chi connectivity index (χ3n) is 3.33. The molecule has 0 aliphatic heterocycles. The van der Waals surface area contributed by atoms with Crippen LogP contribution in [0.25, 0.3) is 0 Å². The Morgan fingerprint density at radius 3 is 2.50 bits per heavy atom. The number of carbonyl (C=O) groups excluding carboxylic acids is 2. The zero-order valence-electron chi connectivity index (χ0n) is 11.9. The predicted octanol–water partition coefficient (Wildman–Crippen LogP) is 2.10. The lowest BCUT2D eigenvalue weighted by atomic mass is 9.92. The van der Waals surface area contributed by atoms with Crippen molar-refractivity contribution in [2.24, 2.45) is 11.8 Å². The van der Waals surface area contributed by atoms with Crippen molar-refractivity contribution in [1.82, 2.24) is 5.32 Å². The second kappa shape index (κ2) is 8.11. The van der Waals surface area contributed by atoms with Crippen LogP contribution in [0.4, 0.5) is 0 Å². The number of nitrogens with zero attached hydrogens (tertiary/aromatic N) is 1. The molecule has 0 bridgehead atoms. The second-order valence-corrected chi connectivity index (χ2v) is 4.80. The van der Waals surface area contributed by atoms with E-state index in [1.165, 1.54) is 0 Å². The molecule has 1 aromatic rings. The summed E-state index contributed by atoms with van der Waals surface area (Å²) in [6.45, 7) is 4.03. The third-order valence-corrected chi connectivity index (χ3v) is 3.33. The Balaban J connectivity index is 2.48. The molecule has 0 spiro atoms. The first-order valence-electron chi connectivity index (χ1n) is 6.85. The number of nitrogens with one attached hydrogen (secondary N) is 1. The third kappa shape index (κ3) is 4.51. The van der Waals surface area contributed by atoms with Crippen LogP contribution in [0.15, 0.2) is 30.3 Å². The Morgan fingerprint density at radius 2 is 1.95 bits per heavy atom. The van der Waals surface area contributed by atoms with Gasteiger partial charge in [0, 0.05) is 12.5 Å². The molecule has 106 valence electrons. The van der Waals surface area contributed by atoms with Gasteiger partial charge in [-0.3, -0.25) is 9.59 Å². The number of ketones is 1. The van der Waals surface area contributed by atoms with E-state index in [0.29, 0.717) is 19.4 Å². The standard InChI is InChI=1S/C16H20N2O2/c1-3-12(2)15(19)14(11-17)16(20)18-10-9-13-7-5-4-6-8-13/h4-8,12,14H,3,9-10H2,1-2H3,(H,18,20)/t12-,14-/m0/s1. The molecule has 1 N–H and O–H groups in total. The Labute approximate surface area is 119 Å². The molecule has 0 aromatic heterocycles. The average molecular weight is 272 g/mol. The fourth-order valence-corrected chi connectivity index (χ4v) is 1.81. The van der Waals surface area contributed by atoms with Crippen molar-refractivity contribution >= 4 is 11.7 Å². The lowest BCUT2D eigenvalue weighted by Crippen LogP contribution is -2.37. The van der Waals surface area contributed by atoms with E-state index in [9.17, 15) is 9.59 Å². The van der Waals surface area contributed by atoms with Crippen LogP contribution in [0.5, 0.6) is 0 Å². The molecule has 4 heteroatoms. The van der Waals surface area contributed by atoms with E-state index in [-0.39, 0.29) is 11.7 Å². The zero-order chi connectivity index (χ0) is 15.0. The van der Waals surface area contributed by atoms with Crippen molar-refractivity contribution in [3.8, 4) is 6.07 Å². The number of hydrogen-bond acceptors (Lipinski definition) is 3. The second-order valence-electron chi connectivity index (χ2n) is 4.80. The van der Waals surface area contributed by atoms with Crippen LogP contribution in [0.3, 0.4) is 0 Å². The van der Waals surface area contributed by atoms with E-state index < -0.39 is 11.8 Å². The minimum absolute atomic E-state index is 0.264. The number of hydrogen-bond donors (Lipinski definition) is 1. The molecule has 0 aliphatic carbocycles. The summed E-state index contributed by atoms with van der Waals surface area (Å²) in [5.74, 6) is -2.25.